The SMILES string of the molecule is O=C1CCNc2c1ccn1ccnc21. The van der Waals surface area contributed by atoms with Gasteiger partial charge in [-0.2, -0.15) is 0 Å². The predicted octanol–water partition coefficient (Wildman–Crippen LogP) is 1.33. The van der Waals surface area contributed by atoms with Crippen LogP contribution in [0, 0.1) is 0 Å². The van der Waals surface area contributed by atoms with Gasteiger partial charge in [-0.1, -0.05) is 0 Å². The van der Waals surface area contributed by atoms with Gasteiger partial charge in [0.2, 0.25) is 0 Å². The van der Waals surface area contributed by atoms with Crippen LogP contribution in [0.2, 0.25) is 0 Å². The van der Waals surface area contributed by atoms with Crippen LogP contribution in [-0.4, -0.2) is 21.7 Å². The van der Waals surface area contributed by atoms with Crippen molar-refractivity contribution in [3.63, 3.8) is 0 Å². The molecule has 0 radical (unpaired) electrons. The number of rotatable bonds is 0. The average molecular weight is 187 g/mol. The monoisotopic (exact) mass is 187 g/mol. The molecule has 0 atom stereocenters. The minimum Gasteiger partial charge on any atom is -0.381 e. The molecule has 4 nitrogen and oxygen atoms in total. The van der Waals surface area contributed by atoms with E-state index in [1.165, 1.54) is 0 Å². The molecule has 0 amide bonds. The van der Waals surface area contributed by atoms with Crippen LogP contribution in [0.5, 0.6) is 0 Å². The van der Waals surface area contributed by atoms with Gasteiger partial charge in [-0.25, -0.2) is 4.98 Å². The van der Waals surface area contributed by atoms with Crippen LogP contribution >= 0.6 is 0 Å². The van der Waals surface area contributed by atoms with Crippen LogP contribution in [-0.2, 0) is 0 Å². The molecule has 0 saturated heterocycles. The third-order valence-corrected chi connectivity index (χ3v) is 2.52. The van der Waals surface area contributed by atoms with Gasteiger partial charge in [0.05, 0.1) is 5.69 Å². The summed E-state index contributed by atoms with van der Waals surface area (Å²) in [6.07, 6.45) is 6.04. The van der Waals surface area contributed by atoms with E-state index in [4.69, 9.17) is 0 Å². The first kappa shape index (κ1) is 7.55. The lowest BCUT2D eigenvalue weighted by molar-refractivity contribution is 0.0984. The summed E-state index contributed by atoms with van der Waals surface area (Å²) in [4.78, 5) is 15.8. The van der Waals surface area contributed by atoms with Crippen molar-refractivity contribution in [3.05, 3.63) is 30.2 Å². The normalized spacial score (nSPS) is 15.3. The van der Waals surface area contributed by atoms with Crippen molar-refractivity contribution in [1.29, 1.82) is 0 Å². The number of hydrogen-bond acceptors (Lipinski definition) is 3. The Kier molecular flexibility index (Phi) is 1.39. The first-order valence-electron chi connectivity index (χ1n) is 4.59. The minimum absolute atomic E-state index is 0.198. The molecule has 0 bridgehead atoms. The zero-order valence-corrected chi connectivity index (χ0v) is 7.53. The highest BCUT2D eigenvalue weighted by atomic mass is 16.1. The smallest absolute Gasteiger partial charge is 0.166 e. The molecule has 0 aliphatic carbocycles. The number of pyridine rings is 1. The molecule has 3 rings (SSSR count). The van der Waals surface area contributed by atoms with Gasteiger partial charge < -0.3 is 9.72 Å². The highest BCUT2D eigenvalue weighted by molar-refractivity contribution is 6.05. The second-order valence-corrected chi connectivity index (χ2v) is 3.36. The number of anilines is 1. The van der Waals surface area contributed by atoms with Crippen molar-refractivity contribution in [2.75, 3.05) is 11.9 Å². The Hall–Kier alpha value is -1.84. The van der Waals surface area contributed by atoms with E-state index >= 15 is 0 Å². The van der Waals surface area contributed by atoms with Crippen LogP contribution in [0.4, 0.5) is 5.69 Å². The van der Waals surface area contributed by atoms with Crippen molar-refractivity contribution < 1.29 is 4.79 Å². The van der Waals surface area contributed by atoms with Crippen LogP contribution in [0.1, 0.15) is 16.8 Å². The fourth-order valence-electron chi connectivity index (χ4n) is 1.83. The molecule has 0 fully saturated rings. The van der Waals surface area contributed by atoms with Gasteiger partial charge in [0, 0.05) is 37.1 Å². The van der Waals surface area contributed by atoms with Gasteiger partial charge in [-0.3, -0.25) is 4.79 Å². The number of fused-ring (bicyclic) bond motifs is 3. The zero-order valence-electron chi connectivity index (χ0n) is 7.53. The third kappa shape index (κ3) is 0.878. The van der Waals surface area contributed by atoms with E-state index < -0.39 is 0 Å². The molecule has 0 spiro atoms. The summed E-state index contributed by atoms with van der Waals surface area (Å²) in [6, 6.07) is 1.85. The Morgan fingerprint density at radius 2 is 2.36 bits per heavy atom. The quantitative estimate of drug-likeness (QED) is 0.676. The second kappa shape index (κ2) is 2.57. The van der Waals surface area contributed by atoms with E-state index in [9.17, 15) is 4.79 Å². The van der Waals surface area contributed by atoms with Crippen molar-refractivity contribution in [3.8, 4) is 0 Å². The largest absolute Gasteiger partial charge is 0.381 e. The predicted molar refractivity (Wildman–Crippen MR) is 52.6 cm³/mol. The first-order valence-corrected chi connectivity index (χ1v) is 4.59. The number of aromatic nitrogens is 2. The fourth-order valence-corrected chi connectivity index (χ4v) is 1.83. The number of hydrogen-bond donors (Lipinski definition) is 1. The number of Topliss-reactive ketones (excluding diaryl/α,β-unsaturated/α-hetero) is 1. The molecule has 0 saturated carbocycles. The van der Waals surface area contributed by atoms with E-state index in [-0.39, 0.29) is 5.78 Å². The number of imidazole rings is 1. The number of nitrogens with one attached hydrogen (secondary N) is 1. The van der Waals surface area contributed by atoms with Gasteiger partial charge in [0.25, 0.3) is 0 Å². The highest BCUT2D eigenvalue weighted by Gasteiger charge is 2.19. The van der Waals surface area contributed by atoms with E-state index in [0.717, 1.165) is 16.9 Å². The molecule has 0 unspecified atom stereocenters. The molecule has 2 aromatic rings. The molecule has 3 heterocycles. The summed E-state index contributed by atoms with van der Waals surface area (Å²) in [6.45, 7) is 0.707. The van der Waals surface area contributed by atoms with Crippen molar-refractivity contribution in [1.82, 2.24) is 9.38 Å². The standard InChI is InChI=1S/C10H9N3O/c14-8-1-3-11-9-7(8)2-5-13-6-4-12-10(9)13/h2,4-6,11H,1,3H2. The number of carbonyl (C=O) groups is 1. The molecule has 14 heavy (non-hydrogen) atoms. The van der Waals surface area contributed by atoms with Gasteiger partial charge in [-0.15, -0.1) is 0 Å². The number of ketones is 1. The van der Waals surface area contributed by atoms with Crippen LogP contribution in [0.15, 0.2) is 24.7 Å². The van der Waals surface area contributed by atoms with E-state index in [1.807, 2.05) is 22.9 Å². The Balaban J connectivity index is 2.38. The molecule has 1 N–H and O–H groups in total. The summed E-state index contributed by atoms with van der Waals surface area (Å²) >= 11 is 0. The lowest BCUT2D eigenvalue weighted by Crippen LogP contribution is -2.18. The number of nitrogens with zero attached hydrogens (tertiary/aromatic N) is 2. The third-order valence-electron chi connectivity index (χ3n) is 2.52. The molecular formula is C10H9N3O. The summed E-state index contributed by atoms with van der Waals surface area (Å²) in [7, 11) is 0. The van der Waals surface area contributed by atoms with Gasteiger partial charge in [0.1, 0.15) is 0 Å². The Morgan fingerprint density at radius 1 is 1.43 bits per heavy atom. The van der Waals surface area contributed by atoms with Gasteiger partial charge in [0.15, 0.2) is 11.4 Å². The maximum absolute atomic E-state index is 11.6. The van der Waals surface area contributed by atoms with Gasteiger partial charge >= 0.3 is 0 Å². The lowest BCUT2D eigenvalue weighted by atomic mass is 10.0. The molecule has 4 heteroatoms. The van der Waals surface area contributed by atoms with Gasteiger partial charge in [-0.05, 0) is 6.07 Å². The topological polar surface area (TPSA) is 46.4 Å². The number of carbonyl (C=O) groups excluding carboxylic acids is 1. The summed E-state index contributed by atoms with van der Waals surface area (Å²) in [5.41, 5.74) is 2.46. The summed E-state index contributed by atoms with van der Waals surface area (Å²) < 4.78 is 1.91. The Labute approximate surface area is 80.6 Å². The van der Waals surface area contributed by atoms with Crippen molar-refractivity contribution in [2.45, 2.75) is 6.42 Å². The minimum atomic E-state index is 0.198. The maximum Gasteiger partial charge on any atom is 0.166 e. The molecule has 70 valence electrons. The summed E-state index contributed by atoms with van der Waals surface area (Å²) in [5.74, 6) is 0.198. The van der Waals surface area contributed by atoms with Crippen LogP contribution < -0.4 is 5.32 Å². The molecule has 1 aliphatic heterocycles. The highest BCUT2D eigenvalue weighted by Crippen LogP contribution is 2.25. The van der Waals surface area contributed by atoms with E-state index in [0.29, 0.717) is 13.0 Å². The average Bonchev–Trinajstić information content (AvgIpc) is 2.66. The molecule has 0 aromatic carbocycles. The first-order chi connectivity index (χ1) is 6.86. The Morgan fingerprint density at radius 3 is 3.29 bits per heavy atom. The second-order valence-electron chi connectivity index (χ2n) is 3.36. The van der Waals surface area contributed by atoms with Crippen LogP contribution in [0.3, 0.4) is 0 Å². The Bertz CT molecular complexity index is 515. The molecule has 1 aliphatic rings. The zero-order chi connectivity index (χ0) is 9.54. The van der Waals surface area contributed by atoms with Crippen molar-refractivity contribution in [2.24, 2.45) is 0 Å². The fraction of sp³-hybridized carbons (Fsp3) is 0.200. The summed E-state index contributed by atoms with van der Waals surface area (Å²) in [5, 5.41) is 3.22. The van der Waals surface area contributed by atoms with E-state index in [2.05, 4.69) is 10.3 Å². The maximum atomic E-state index is 11.6. The van der Waals surface area contributed by atoms with Crippen LogP contribution in [0.25, 0.3) is 5.65 Å². The van der Waals surface area contributed by atoms with Crippen molar-refractivity contribution >= 4 is 17.1 Å². The molecule has 2 aromatic heterocycles. The molecular weight excluding hydrogens is 178 g/mol. The lowest BCUT2D eigenvalue weighted by Gasteiger charge is -2.17. The van der Waals surface area contributed by atoms with E-state index in [1.54, 1.807) is 6.20 Å².